The molecule has 0 radical (unpaired) electrons. The highest BCUT2D eigenvalue weighted by Gasteiger charge is 2.23. The first-order valence-corrected chi connectivity index (χ1v) is 4.31. The molecule has 1 aromatic carbocycles. The first kappa shape index (κ1) is 12.1. The lowest BCUT2D eigenvalue weighted by atomic mass is 9.96. The Balaban J connectivity index is 3.06. The van der Waals surface area contributed by atoms with Crippen molar-refractivity contribution in [1.29, 1.82) is 0 Å². The van der Waals surface area contributed by atoms with Gasteiger partial charge in [-0.25, -0.2) is 8.78 Å². The summed E-state index contributed by atoms with van der Waals surface area (Å²) in [5.41, 5.74) is -0.0752. The smallest absolute Gasteiger partial charge is 0.311 e. The Kier molecular flexibility index (Phi) is 3.55. The van der Waals surface area contributed by atoms with Crippen molar-refractivity contribution in [3.63, 3.8) is 0 Å². The molecule has 6 heteroatoms. The molecule has 0 fully saturated rings. The van der Waals surface area contributed by atoms with Gasteiger partial charge in [-0.15, -0.1) is 0 Å². The number of aliphatic carboxylic acids is 2. The minimum atomic E-state index is -1.39. The predicted octanol–water partition coefficient (Wildman–Crippen LogP) is 1.61. The highest BCUT2D eigenvalue weighted by atomic mass is 19.2. The second-order valence-corrected chi connectivity index (χ2v) is 3.16. The van der Waals surface area contributed by atoms with E-state index in [4.69, 9.17) is 10.2 Å². The molecule has 1 aromatic rings. The number of carboxylic acids is 2. The van der Waals surface area contributed by atoms with Gasteiger partial charge in [-0.2, -0.15) is 0 Å². The fraction of sp³-hybridized carbons (Fsp3) is 0.200. The Morgan fingerprint density at radius 2 is 1.81 bits per heavy atom. The van der Waals surface area contributed by atoms with Crippen LogP contribution in [0.5, 0.6) is 0 Å². The summed E-state index contributed by atoms with van der Waals surface area (Å²) in [5, 5.41) is 17.2. The highest BCUT2D eigenvalue weighted by Crippen LogP contribution is 2.22. The van der Waals surface area contributed by atoms with Gasteiger partial charge in [-0.05, 0) is 17.7 Å². The second kappa shape index (κ2) is 4.69. The van der Waals surface area contributed by atoms with Crippen molar-refractivity contribution in [3.8, 4) is 0 Å². The summed E-state index contributed by atoms with van der Waals surface area (Å²) in [6.45, 7) is 0. The molecule has 0 heterocycles. The summed E-state index contributed by atoms with van der Waals surface area (Å²) in [6.07, 6.45) is -0.680. The molecule has 0 amide bonds. The third kappa shape index (κ3) is 2.75. The van der Waals surface area contributed by atoms with Crippen LogP contribution in [-0.2, 0) is 9.59 Å². The average Bonchev–Trinajstić information content (AvgIpc) is 2.18. The van der Waals surface area contributed by atoms with Crippen LogP contribution in [0.4, 0.5) is 8.78 Å². The summed E-state index contributed by atoms with van der Waals surface area (Å²) in [4.78, 5) is 21.2. The molecule has 16 heavy (non-hydrogen) atoms. The third-order valence-corrected chi connectivity index (χ3v) is 2.02. The minimum absolute atomic E-state index is 0.0752. The standard InChI is InChI=1S/C10H8F2O4/c11-7-2-1-5(3-8(7)12)6(10(15)16)4-9(13)14/h1-3,6H,4H2,(H,13,14)(H,15,16). The van der Waals surface area contributed by atoms with E-state index in [1.54, 1.807) is 0 Å². The van der Waals surface area contributed by atoms with Gasteiger partial charge in [-0.3, -0.25) is 9.59 Å². The van der Waals surface area contributed by atoms with Gasteiger partial charge < -0.3 is 10.2 Å². The van der Waals surface area contributed by atoms with Crippen molar-refractivity contribution < 1.29 is 28.6 Å². The topological polar surface area (TPSA) is 74.6 Å². The Labute approximate surface area is 89.1 Å². The SMILES string of the molecule is O=C(O)CC(C(=O)O)c1ccc(F)c(F)c1. The molecule has 0 aliphatic heterocycles. The van der Waals surface area contributed by atoms with Crippen LogP contribution < -0.4 is 0 Å². The highest BCUT2D eigenvalue weighted by molar-refractivity contribution is 5.82. The number of rotatable bonds is 4. The molecule has 86 valence electrons. The number of carbonyl (C=O) groups is 2. The molecule has 1 rings (SSSR count). The van der Waals surface area contributed by atoms with Crippen LogP contribution in [0.25, 0.3) is 0 Å². The molecule has 0 saturated heterocycles. The number of halogens is 2. The predicted molar refractivity (Wildman–Crippen MR) is 49.0 cm³/mol. The van der Waals surface area contributed by atoms with Crippen molar-refractivity contribution in [1.82, 2.24) is 0 Å². The van der Waals surface area contributed by atoms with E-state index in [-0.39, 0.29) is 5.56 Å². The number of carboxylic acid groups (broad SMARTS) is 2. The molecule has 0 aromatic heterocycles. The maximum absolute atomic E-state index is 12.8. The van der Waals surface area contributed by atoms with E-state index in [0.717, 1.165) is 12.1 Å². The minimum Gasteiger partial charge on any atom is -0.481 e. The van der Waals surface area contributed by atoms with Crippen LogP contribution in [0.3, 0.4) is 0 Å². The van der Waals surface area contributed by atoms with Crippen molar-refractivity contribution in [2.75, 3.05) is 0 Å². The van der Waals surface area contributed by atoms with Crippen LogP contribution in [-0.4, -0.2) is 22.2 Å². The van der Waals surface area contributed by atoms with Gasteiger partial charge in [0, 0.05) is 0 Å². The van der Waals surface area contributed by atoms with Gasteiger partial charge in [-0.1, -0.05) is 6.07 Å². The molecule has 0 aliphatic rings. The van der Waals surface area contributed by atoms with Gasteiger partial charge in [0.1, 0.15) is 0 Å². The lowest BCUT2D eigenvalue weighted by Gasteiger charge is -2.10. The van der Waals surface area contributed by atoms with E-state index in [1.165, 1.54) is 0 Å². The molecular weight excluding hydrogens is 222 g/mol. The molecule has 0 bridgehead atoms. The zero-order chi connectivity index (χ0) is 12.3. The van der Waals surface area contributed by atoms with E-state index in [0.29, 0.717) is 6.07 Å². The maximum atomic E-state index is 12.8. The van der Waals surface area contributed by atoms with Crippen molar-refractivity contribution in [2.45, 2.75) is 12.3 Å². The monoisotopic (exact) mass is 230 g/mol. The maximum Gasteiger partial charge on any atom is 0.311 e. The van der Waals surface area contributed by atoms with Crippen LogP contribution in [0.2, 0.25) is 0 Å². The summed E-state index contributed by atoms with van der Waals surface area (Å²) >= 11 is 0. The van der Waals surface area contributed by atoms with Crippen LogP contribution >= 0.6 is 0 Å². The summed E-state index contributed by atoms with van der Waals surface area (Å²) in [6, 6.07) is 2.51. The molecule has 0 aliphatic carbocycles. The molecule has 1 atom stereocenters. The second-order valence-electron chi connectivity index (χ2n) is 3.16. The quantitative estimate of drug-likeness (QED) is 0.823. The first-order valence-electron chi connectivity index (χ1n) is 4.31. The Bertz CT molecular complexity index is 431. The number of hydrogen-bond acceptors (Lipinski definition) is 2. The fourth-order valence-corrected chi connectivity index (χ4v) is 1.25. The zero-order valence-electron chi connectivity index (χ0n) is 7.98. The van der Waals surface area contributed by atoms with Gasteiger partial charge in [0.15, 0.2) is 11.6 Å². The first-order chi connectivity index (χ1) is 7.41. The number of benzene rings is 1. The van der Waals surface area contributed by atoms with Gasteiger partial charge in [0.25, 0.3) is 0 Å². The molecule has 0 saturated carbocycles. The van der Waals surface area contributed by atoms with Gasteiger partial charge >= 0.3 is 11.9 Å². The van der Waals surface area contributed by atoms with E-state index in [2.05, 4.69) is 0 Å². The molecule has 4 nitrogen and oxygen atoms in total. The van der Waals surface area contributed by atoms with E-state index >= 15 is 0 Å². The normalized spacial score (nSPS) is 12.1. The summed E-state index contributed by atoms with van der Waals surface area (Å²) in [7, 11) is 0. The third-order valence-electron chi connectivity index (χ3n) is 2.02. The van der Waals surface area contributed by atoms with E-state index in [1.807, 2.05) is 0 Å². The Morgan fingerprint density at radius 1 is 1.19 bits per heavy atom. The Hall–Kier alpha value is -1.98. The van der Waals surface area contributed by atoms with E-state index < -0.39 is 35.9 Å². The van der Waals surface area contributed by atoms with Crippen molar-refractivity contribution >= 4 is 11.9 Å². The van der Waals surface area contributed by atoms with E-state index in [9.17, 15) is 18.4 Å². The zero-order valence-corrected chi connectivity index (χ0v) is 7.98. The lowest BCUT2D eigenvalue weighted by Crippen LogP contribution is -2.16. The lowest BCUT2D eigenvalue weighted by molar-refractivity contribution is -0.145. The molecule has 0 spiro atoms. The largest absolute Gasteiger partial charge is 0.481 e. The summed E-state index contributed by atoms with van der Waals surface area (Å²) < 4.78 is 25.4. The molecule has 2 N–H and O–H groups in total. The van der Waals surface area contributed by atoms with Crippen LogP contribution in [0, 0.1) is 11.6 Å². The van der Waals surface area contributed by atoms with Crippen LogP contribution in [0.1, 0.15) is 17.9 Å². The Morgan fingerprint density at radius 3 is 2.25 bits per heavy atom. The van der Waals surface area contributed by atoms with Gasteiger partial charge in [0.2, 0.25) is 0 Å². The molecular formula is C10H8F2O4. The van der Waals surface area contributed by atoms with Crippen LogP contribution in [0.15, 0.2) is 18.2 Å². The fourth-order valence-electron chi connectivity index (χ4n) is 1.25. The average molecular weight is 230 g/mol. The van der Waals surface area contributed by atoms with Gasteiger partial charge in [0.05, 0.1) is 12.3 Å². The van der Waals surface area contributed by atoms with Crippen molar-refractivity contribution in [2.24, 2.45) is 0 Å². The number of hydrogen-bond donors (Lipinski definition) is 2. The van der Waals surface area contributed by atoms with Crippen molar-refractivity contribution in [3.05, 3.63) is 35.4 Å². The summed E-state index contributed by atoms with van der Waals surface area (Å²) in [5.74, 6) is -6.41. The molecule has 1 unspecified atom stereocenters.